The Morgan fingerprint density at radius 3 is 2.69 bits per heavy atom. The minimum absolute atomic E-state index is 0.416. The molecule has 0 aromatic heterocycles. The first kappa shape index (κ1) is 9.51. The summed E-state index contributed by atoms with van der Waals surface area (Å²) in [6.45, 7) is 4.62. The fourth-order valence-corrected chi connectivity index (χ4v) is 3.99. The molecule has 0 radical (unpaired) electrons. The highest BCUT2D eigenvalue weighted by Crippen LogP contribution is 2.46. The molecule has 13 heavy (non-hydrogen) atoms. The van der Waals surface area contributed by atoms with E-state index in [4.69, 9.17) is 5.73 Å². The van der Waals surface area contributed by atoms with Crippen molar-refractivity contribution >= 4 is 0 Å². The fraction of sp³-hybridized carbons (Fsp3) is 1.00. The second kappa shape index (κ2) is 3.61. The van der Waals surface area contributed by atoms with Crippen LogP contribution in [-0.2, 0) is 0 Å². The number of nitrogens with two attached hydrogens (primary N) is 1. The van der Waals surface area contributed by atoms with Crippen molar-refractivity contribution < 1.29 is 0 Å². The topological polar surface area (TPSA) is 26.0 Å². The first-order valence-corrected chi connectivity index (χ1v) is 5.94. The van der Waals surface area contributed by atoms with Crippen LogP contribution in [0.15, 0.2) is 0 Å². The SMILES string of the molecule is CC(N)C1C(C)CC2CCC[C@H]1C2. The van der Waals surface area contributed by atoms with E-state index in [9.17, 15) is 0 Å². The van der Waals surface area contributed by atoms with Gasteiger partial charge in [-0.3, -0.25) is 0 Å². The largest absolute Gasteiger partial charge is 0.328 e. The van der Waals surface area contributed by atoms with Gasteiger partial charge in [0.15, 0.2) is 0 Å². The van der Waals surface area contributed by atoms with Gasteiger partial charge in [-0.05, 0) is 43.4 Å². The van der Waals surface area contributed by atoms with Crippen molar-refractivity contribution in [2.45, 2.75) is 52.0 Å². The Morgan fingerprint density at radius 1 is 1.23 bits per heavy atom. The van der Waals surface area contributed by atoms with E-state index in [1.807, 2.05) is 0 Å². The summed E-state index contributed by atoms with van der Waals surface area (Å²) in [5, 5.41) is 0. The highest BCUT2D eigenvalue weighted by molar-refractivity contribution is 4.90. The van der Waals surface area contributed by atoms with E-state index >= 15 is 0 Å². The number of fused-ring (bicyclic) bond motifs is 2. The van der Waals surface area contributed by atoms with Gasteiger partial charge in [0.25, 0.3) is 0 Å². The molecule has 2 aliphatic carbocycles. The molecule has 4 unspecified atom stereocenters. The third kappa shape index (κ3) is 1.76. The normalized spacial score (nSPS) is 47.3. The van der Waals surface area contributed by atoms with Crippen LogP contribution in [0.3, 0.4) is 0 Å². The lowest BCUT2D eigenvalue weighted by molar-refractivity contribution is 0.0584. The summed E-state index contributed by atoms with van der Waals surface area (Å²) >= 11 is 0. The van der Waals surface area contributed by atoms with Gasteiger partial charge in [0.1, 0.15) is 0 Å². The van der Waals surface area contributed by atoms with Gasteiger partial charge in [-0.25, -0.2) is 0 Å². The quantitative estimate of drug-likeness (QED) is 0.661. The van der Waals surface area contributed by atoms with Crippen LogP contribution in [0.4, 0.5) is 0 Å². The molecule has 76 valence electrons. The molecule has 1 heteroatoms. The van der Waals surface area contributed by atoms with E-state index in [1.165, 1.54) is 32.1 Å². The van der Waals surface area contributed by atoms with Crippen LogP contribution in [0.2, 0.25) is 0 Å². The van der Waals surface area contributed by atoms with Crippen molar-refractivity contribution in [1.82, 2.24) is 0 Å². The van der Waals surface area contributed by atoms with Crippen LogP contribution in [0.1, 0.15) is 46.0 Å². The lowest BCUT2D eigenvalue weighted by Crippen LogP contribution is -2.43. The van der Waals surface area contributed by atoms with Gasteiger partial charge < -0.3 is 5.73 Å². The standard InChI is InChI=1S/C12H23N/c1-8-6-10-4-3-5-11(7-10)12(8)9(2)13/h8-12H,3-7,13H2,1-2H3/t8?,9?,10?,11-,12?/m0/s1. The Bertz CT molecular complexity index is 174. The van der Waals surface area contributed by atoms with Gasteiger partial charge >= 0.3 is 0 Å². The molecule has 0 saturated heterocycles. The highest BCUT2D eigenvalue weighted by Gasteiger charge is 2.39. The summed E-state index contributed by atoms with van der Waals surface area (Å²) in [6.07, 6.45) is 7.34. The minimum Gasteiger partial charge on any atom is -0.328 e. The number of rotatable bonds is 1. The molecule has 5 atom stereocenters. The predicted molar refractivity (Wildman–Crippen MR) is 56.4 cm³/mol. The second-order valence-corrected chi connectivity index (χ2v) is 5.44. The summed E-state index contributed by atoms with van der Waals surface area (Å²) in [7, 11) is 0. The maximum atomic E-state index is 6.09. The fourth-order valence-electron chi connectivity index (χ4n) is 3.99. The monoisotopic (exact) mass is 181 g/mol. The zero-order valence-electron chi connectivity index (χ0n) is 9.00. The lowest BCUT2D eigenvalue weighted by atomic mass is 9.61. The molecule has 0 aromatic rings. The van der Waals surface area contributed by atoms with E-state index in [-0.39, 0.29) is 0 Å². The predicted octanol–water partition coefficient (Wildman–Crippen LogP) is 2.80. The molecule has 2 bridgehead atoms. The van der Waals surface area contributed by atoms with Gasteiger partial charge in [0.2, 0.25) is 0 Å². The first-order chi connectivity index (χ1) is 6.18. The van der Waals surface area contributed by atoms with Crippen LogP contribution in [0, 0.1) is 23.7 Å². The molecule has 2 saturated carbocycles. The zero-order valence-corrected chi connectivity index (χ0v) is 9.00. The Kier molecular flexibility index (Phi) is 2.64. The van der Waals surface area contributed by atoms with Gasteiger partial charge in [0.05, 0.1) is 0 Å². The van der Waals surface area contributed by atoms with Gasteiger partial charge in [-0.15, -0.1) is 0 Å². The third-order valence-electron chi connectivity index (χ3n) is 4.34. The molecule has 0 aromatic carbocycles. The van der Waals surface area contributed by atoms with Crippen LogP contribution >= 0.6 is 0 Å². The van der Waals surface area contributed by atoms with Crippen molar-refractivity contribution in [3.63, 3.8) is 0 Å². The van der Waals surface area contributed by atoms with Crippen molar-refractivity contribution in [1.29, 1.82) is 0 Å². The van der Waals surface area contributed by atoms with Crippen molar-refractivity contribution in [3.05, 3.63) is 0 Å². The molecular weight excluding hydrogens is 158 g/mol. The molecule has 2 aliphatic rings. The maximum Gasteiger partial charge on any atom is 0.00439 e. The number of hydrogen-bond donors (Lipinski definition) is 1. The van der Waals surface area contributed by atoms with Crippen LogP contribution < -0.4 is 5.73 Å². The highest BCUT2D eigenvalue weighted by atomic mass is 14.7. The first-order valence-electron chi connectivity index (χ1n) is 5.94. The summed E-state index contributed by atoms with van der Waals surface area (Å²) in [5.41, 5.74) is 6.09. The van der Waals surface area contributed by atoms with E-state index in [2.05, 4.69) is 13.8 Å². The van der Waals surface area contributed by atoms with E-state index in [0.29, 0.717) is 6.04 Å². The van der Waals surface area contributed by atoms with Crippen molar-refractivity contribution in [2.75, 3.05) is 0 Å². The molecule has 0 heterocycles. The van der Waals surface area contributed by atoms with Crippen molar-refractivity contribution in [2.24, 2.45) is 29.4 Å². The van der Waals surface area contributed by atoms with E-state index in [0.717, 1.165) is 23.7 Å². The third-order valence-corrected chi connectivity index (χ3v) is 4.34. The molecule has 0 spiro atoms. The Hall–Kier alpha value is -0.0400. The Labute approximate surface area is 82.1 Å². The van der Waals surface area contributed by atoms with Gasteiger partial charge in [0, 0.05) is 6.04 Å². The van der Waals surface area contributed by atoms with Crippen LogP contribution in [0.25, 0.3) is 0 Å². The average molecular weight is 181 g/mol. The molecular formula is C12H23N. The zero-order chi connectivity index (χ0) is 9.42. The van der Waals surface area contributed by atoms with E-state index < -0.39 is 0 Å². The summed E-state index contributed by atoms with van der Waals surface area (Å²) in [5.74, 6) is 3.70. The number of hydrogen-bond acceptors (Lipinski definition) is 1. The van der Waals surface area contributed by atoms with E-state index in [1.54, 1.807) is 0 Å². The van der Waals surface area contributed by atoms with Crippen molar-refractivity contribution in [3.8, 4) is 0 Å². The summed E-state index contributed by atoms with van der Waals surface area (Å²) in [6, 6.07) is 0.416. The second-order valence-electron chi connectivity index (χ2n) is 5.44. The molecule has 2 N–H and O–H groups in total. The average Bonchev–Trinajstić information content (AvgIpc) is 2.02. The molecule has 2 fully saturated rings. The van der Waals surface area contributed by atoms with Gasteiger partial charge in [-0.1, -0.05) is 26.2 Å². The molecule has 0 aliphatic heterocycles. The molecule has 0 amide bonds. The smallest absolute Gasteiger partial charge is 0.00439 e. The Morgan fingerprint density at radius 2 is 2.00 bits per heavy atom. The van der Waals surface area contributed by atoms with Gasteiger partial charge in [-0.2, -0.15) is 0 Å². The minimum atomic E-state index is 0.416. The summed E-state index contributed by atoms with van der Waals surface area (Å²) < 4.78 is 0. The lowest BCUT2D eigenvalue weighted by Gasteiger charge is -2.46. The molecule has 1 nitrogen and oxygen atoms in total. The Balaban J connectivity index is 2.08. The molecule has 2 rings (SSSR count). The maximum absolute atomic E-state index is 6.09. The van der Waals surface area contributed by atoms with Crippen LogP contribution in [-0.4, -0.2) is 6.04 Å². The van der Waals surface area contributed by atoms with Crippen LogP contribution in [0.5, 0.6) is 0 Å². The summed E-state index contributed by atoms with van der Waals surface area (Å²) in [4.78, 5) is 0.